The zero-order valence-electron chi connectivity index (χ0n) is 30.3. The summed E-state index contributed by atoms with van der Waals surface area (Å²) in [6.07, 6.45) is 0. The second-order valence-electron chi connectivity index (χ2n) is 15.9. The van der Waals surface area contributed by atoms with Gasteiger partial charge in [-0.1, -0.05) is 169 Å². The van der Waals surface area contributed by atoms with E-state index < -0.39 is 0 Å². The Morgan fingerprint density at radius 2 is 0.732 bits per heavy atom. The number of hydrogen-bond donors (Lipinski definition) is 0. The lowest BCUT2D eigenvalue weighted by molar-refractivity contribution is 1.30. The number of anilines is 3. The van der Waals surface area contributed by atoms with Gasteiger partial charge in [0.2, 0.25) is 6.71 Å². The van der Waals surface area contributed by atoms with Gasteiger partial charge < -0.3 is 4.90 Å². The lowest BCUT2D eigenvalue weighted by Crippen LogP contribution is -2.60. The van der Waals surface area contributed by atoms with E-state index in [-0.39, 0.29) is 6.71 Å². The van der Waals surface area contributed by atoms with Crippen LogP contribution in [0.3, 0.4) is 0 Å². The summed E-state index contributed by atoms with van der Waals surface area (Å²) < 4.78 is 0. The Morgan fingerprint density at radius 3 is 1.32 bits per heavy atom. The molecule has 0 bridgehead atoms. The van der Waals surface area contributed by atoms with Crippen molar-refractivity contribution in [3.8, 4) is 33.4 Å². The van der Waals surface area contributed by atoms with Gasteiger partial charge in [-0.2, -0.15) is 0 Å². The summed E-state index contributed by atoms with van der Waals surface area (Å²) >= 11 is 0. The van der Waals surface area contributed by atoms with Crippen molar-refractivity contribution < 1.29 is 0 Å². The van der Waals surface area contributed by atoms with Crippen molar-refractivity contribution in [2.24, 2.45) is 0 Å². The highest BCUT2D eigenvalue weighted by Gasteiger charge is 2.45. The van der Waals surface area contributed by atoms with Gasteiger partial charge in [0.25, 0.3) is 0 Å². The summed E-state index contributed by atoms with van der Waals surface area (Å²) in [7, 11) is 0. The van der Waals surface area contributed by atoms with Crippen LogP contribution in [-0.4, -0.2) is 6.71 Å². The van der Waals surface area contributed by atoms with Crippen molar-refractivity contribution in [3.63, 3.8) is 0 Å². The standard InChI is InChI=1S/C54H30BN/c1-3-9-31(10-4-1)32-15-17-33(18-16-32)39-13-7-8-14-42(39)56-43-29-25-37-21-19-35-23-27-40-45(34-11-5-2-6-12-34)41-28-24-36-20-22-38-26-30-44(56)53-49(38)47(36)51(41)54-50(40)46(35)48(37)52(43)55(53)54/h1-30H. The molecule has 0 aromatic heterocycles. The second kappa shape index (κ2) is 10.3. The molecule has 56 heavy (non-hydrogen) atoms. The fourth-order valence-corrected chi connectivity index (χ4v) is 11.1. The van der Waals surface area contributed by atoms with Gasteiger partial charge in [0.1, 0.15) is 0 Å². The minimum absolute atomic E-state index is 0.122. The maximum atomic E-state index is 2.60. The summed E-state index contributed by atoms with van der Waals surface area (Å²) in [6, 6.07) is 68.5. The molecule has 0 saturated heterocycles. The maximum Gasteiger partial charge on any atom is 0.250 e. The van der Waals surface area contributed by atoms with Gasteiger partial charge in [-0.25, -0.2) is 0 Å². The molecule has 11 aromatic rings. The Balaban J connectivity index is 1.16. The first-order valence-corrected chi connectivity index (χ1v) is 19.7. The lowest BCUT2D eigenvalue weighted by atomic mass is 9.30. The molecule has 0 unspecified atom stereocenters. The normalized spacial score (nSPS) is 13.3. The van der Waals surface area contributed by atoms with E-state index in [0.717, 1.165) is 0 Å². The van der Waals surface area contributed by atoms with Crippen LogP contribution in [0.4, 0.5) is 17.1 Å². The Bertz CT molecular complexity index is 3420. The van der Waals surface area contributed by atoms with Crippen molar-refractivity contribution in [2.45, 2.75) is 0 Å². The first kappa shape index (κ1) is 29.2. The molecule has 0 aliphatic carbocycles. The monoisotopic (exact) mass is 703 g/mol. The van der Waals surface area contributed by atoms with E-state index >= 15 is 0 Å². The molecule has 0 fully saturated rings. The van der Waals surface area contributed by atoms with Gasteiger partial charge in [0, 0.05) is 16.9 Å². The number of para-hydroxylation sites is 1. The largest absolute Gasteiger partial charge is 0.311 e. The van der Waals surface area contributed by atoms with Crippen LogP contribution in [0.15, 0.2) is 182 Å². The smallest absolute Gasteiger partial charge is 0.250 e. The molecule has 0 N–H and O–H groups in total. The highest BCUT2D eigenvalue weighted by molar-refractivity contribution is 7.05. The van der Waals surface area contributed by atoms with E-state index in [1.165, 1.54) is 131 Å². The van der Waals surface area contributed by atoms with Crippen LogP contribution >= 0.6 is 0 Å². The summed E-state index contributed by atoms with van der Waals surface area (Å²) in [4.78, 5) is 2.60. The second-order valence-corrected chi connectivity index (χ2v) is 15.9. The first-order chi connectivity index (χ1) is 27.8. The minimum Gasteiger partial charge on any atom is -0.311 e. The van der Waals surface area contributed by atoms with E-state index in [1.807, 2.05) is 0 Å². The van der Waals surface area contributed by atoms with Crippen molar-refractivity contribution in [3.05, 3.63) is 182 Å². The quantitative estimate of drug-likeness (QED) is 0.100. The highest BCUT2D eigenvalue weighted by atomic mass is 15.2. The summed E-state index contributed by atoms with van der Waals surface area (Å²) in [5, 5.41) is 16.5. The molecule has 0 amide bonds. The summed E-state index contributed by atoms with van der Waals surface area (Å²) in [5.74, 6) is 0. The number of hydrogen-bond acceptors (Lipinski definition) is 1. The van der Waals surface area contributed by atoms with Crippen LogP contribution in [0.5, 0.6) is 0 Å². The fourth-order valence-electron chi connectivity index (χ4n) is 11.1. The maximum absolute atomic E-state index is 2.60. The van der Waals surface area contributed by atoms with E-state index in [1.54, 1.807) is 0 Å². The molecular formula is C54H30BN. The predicted octanol–water partition coefficient (Wildman–Crippen LogP) is 12.5. The minimum atomic E-state index is 0.122. The third-order valence-electron chi connectivity index (χ3n) is 13.3. The molecule has 0 spiro atoms. The first-order valence-electron chi connectivity index (χ1n) is 19.7. The number of rotatable bonds is 4. The van der Waals surface area contributed by atoms with Gasteiger partial charge in [0.05, 0.1) is 5.69 Å². The van der Waals surface area contributed by atoms with Crippen LogP contribution in [0.1, 0.15) is 0 Å². The Hall–Kier alpha value is -7.16. The highest BCUT2D eigenvalue weighted by Crippen LogP contribution is 2.51. The molecule has 0 radical (unpaired) electrons. The average Bonchev–Trinajstić information content (AvgIpc) is 3.27. The Kier molecular flexibility index (Phi) is 5.39. The predicted molar refractivity (Wildman–Crippen MR) is 241 cm³/mol. The lowest BCUT2D eigenvalue weighted by Gasteiger charge is -2.43. The molecule has 254 valence electrons. The van der Waals surface area contributed by atoms with Crippen molar-refractivity contribution >= 4 is 105 Å². The number of benzene rings is 11. The van der Waals surface area contributed by atoms with Crippen LogP contribution < -0.4 is 21.3 Å². The van der Waals surface area contributed by atoms with Gasteiger partial charge in [-0.05, 0) is 122 Å². The molecule has 11 aromatic carbocycles. The van der Waals surface area contributed by atoms with Crippen molar-refractivity contribution in [1.82, 2.24) is 0 Å². The van der Waals surface area contributed by atoms with Gasteiger partial charge >= 0.3 is 0 Å². The molecule has 0 saturated carbocycles. The third kappa shape index (κ3) is 3.49. The molecular weight excluding hydrogens is 673 g/mol. The average molecular weight is 704 g/mol. The summed E-state index contributed by atoms with van der Waals surface area (Å²) in [6.45, 7) is 0.122. The fraction of sp³-hybridized carbons (Fsp3) is 0. The molecule has 2 heteroatoms. The van der Waals surface area contributed by atoms with Crippen LogP contribution in [0.2, 0.25) is 0 Å². The molecule has 3 aliphatic rings. The molecule has 14 rings (SSSR count). The van der Waals surface area contributed by atoms with E-state index in [2.05, 4.69) is 187 Å². The molecule has 3 aliphatic heterocycles. The Morgan fingerprint density at radius 1 is 0.286 bits per heavy atom. The van der Waals surface area contributed by atoms with Crippen LogP contribution in [-0.2, 0) is 0 Å². The van der Waals surface area contributed by atoms with Crippen LogP contribution in [0, 0.1) is 0 Å². The zero-order chi connectivity index (χ0) is 36.2. The van der Waals surface area contributed by atoms with Gasteiger partial charge in [-0.15, -0.1) is 0 Å². The zero-order valence-corrected chi connectivity index (χ0v) is 30.3. The van der Waals surface area contributed by atoms with Crippen molar-refractivity contribution in [1.29, 1.82) is 0 Å². The van der Waals surface area contributed by atoms with Gasteiger partial charge in [-0.3, -0.25) is 0 Å². The Labute approximate surface area is 323 Å². The SMILES string of the molecule is c1ccc(-c2ccc(-c3ccccc3N3c4ccc5ccc6ccc7c(-c8ccccc8)c8ccc9ccc%10ccc3c3c%10c9c8c8c7c6c5c4B38)cc2)cc1. The third-order valence-corrected chi connectivity index (χ3v) is 13.3. The summed E-state index contributed by atoms with van der Waals surface area (Å²) in [5.41, 5.74) is 15.7. The molecule has 3 heterocycles. The van der Waals surface area contributed by atoms with E-state index in [4.69, 9.17) is 0 Å². The van der Waals surface area contributed by atoms with Gasteiger partial charge in [0.15, 0.2) is 0 Å². The van der Waals surface area contributed by atoms with Crippen LogP contribution in [0.25, 0.3) is 98.0 Å². The molecule has 1 nitrogen and oxygen atoms in total. The number of nitrogens with zero attached hydrogens (tertiary/aromatic N) is 1. The van der Waals surface area contributed by atoms with Crippen molar-refractivity contribution in [2.75, 3.05) is 4.90 Å². The van der Waals surface area contributed by atoms with E-state index in [0.29, 0.717) is 0 Å². The van der Waals surface area contributed by atoms with E-state index in [9.17, 15) is 0 Å². The molecule has 0 atom stereocenters. The topological polar surface area (TPSA) is 3.24 Å².